The van der Waals surface area contributed by atoms with Gasteiger partial charge in [0.05, 0.1) is 0 Å². The predicted octanol–water partition coefficient (Wildman–Crippen LogP) is 4.22. The minimum Gasteiger partial charge on any atom is -0.339 e. The molecule has 2 rings (SSSR count). The molecular weight excluding hydrogens is 302 g/mol. The maximum Gasteiger partial charge on any atom is 0.254 e. The molecule has 0 unspecified atom stereocenters. The zero-order chi connectivity index (χ0) is 13.8. The highest BCUT2D eigenvalue weighted by atomic mass is 79.9. The molecule has 0 aromatic heterocycles. The molecule has 0 atom stereocenters. The Hall–Kier alpha value is -1.35. The van der Waals surface area contributed by atoms with E-state index in [1.54, 1.807) is 0 Å². The van der Waals surface area contributed by atoms with E-state index in [1.807, 2.05) is 49.1 Å². The number of fused-ring (bicyclic) bond motifs is 1. The second kappa shape index (κ2) is 6.20. The van der Waals surface area contributed by atoms with Crippen LogP contribution >= 0.6 is 15.9 Å². The Morgan fingerprint density at radius 1 is 1.05 bits per heavy atom. The molecule has 2 nitrogen and oxygen atoms in total. The number of hydrogen-bond acceptors (Lipinski definition) is 1. The Morgan fingerprint density at radius 2 is 1.68 bits per heavy atom. The topological polar surface area (TPSA) is 20.3 Å². The Morgan fingerprint density at radius 3 is 2.26 bits per heavy atom. The molecule has 1 amide bonds. The molecule has 0 aliphatic heterocycles. The quantitative estimate of drug-likeness (QED) is 0.773. The molecule has 2 aromatic carbocycles. The smallest absolute Gasteiger partial charge is 0.254 e. The van der Waals surface area contributed by atoms with Crippen LogP contribution < -0.4 is 0 Å². The van der Waals surface area contributed by atoms with Gasteiger partial charge >= 0.3 is 0 Å². The summed E-state index contributed by atoms with van der Waals surface area (Å²) in [7, 11) is 0. The van der Waals surface area contributed by atoms with Crippen molar-refractivity contribution < 1.29 is 4.79 Å². The molecule has 0 aliphatic carbocycles. The Labute approximate surface area is 122 Å². The molecule has 0 N–H and O–H groups in total. The molecular formula is C16H18BrNO. The predicted molar refractivity (Wildman–Crippen MR) is 83.8 cm³/mol. The van der Waals surface area contributed by atoms with Crippen LogP contribution in [0.25, 0.3) is 10.8 Å². The summed E-state index contributed by atoms with van der Waals surface area (Å²) in [6, 6.07) is 12.1. The summed E-state index contributed by atoms with van der Waals surface area (Å²) >= 11 is 3.50. The fraction of sp³-hybridized carbons (Fsp3) is 0.312. The standard InChI is InChI=1S/C16H18BrNO/c1-3-18(4-2)16(19)15-10-9-12(11-17)13-7-5-6-8-14(13)15/h5-10H,3-4,11H2,1-2H3. The van der Waals surface area contributed by atoms with Gasteiger partial charge in [0.1, 0.15) is 0 Å². The first-order valence-electron chi connectivity index (χ1n) is 6.58. The first-order valence-corrected chi connectivity index (χ1v) is 7.70. The van der Waals surface area contributed by atoms with E-state index in [4.69, 9.17) is 0 Å². The molecule has 0 aliphatic rings. The summed E-state index contributed by atoms with van der Waals surface area (Å²) in [5.74, 6) is 0.113. The van der Waals surface area contributed by atoms with Crippen LogP contribution in [0.5, 0.6) is 0 Å². The maximum absolute atomic E-state index is 12.5. The van der Waals surface area contributed by atoms with Crippen LogP contribution in [0, 0.1) is 0 Å². The largest absolute Gasteiger partial charge is 0.339 e. The van der Waals surface area contributed by atoms with Gasteiger partial charge in [0.15, 0.2) is 0 Å². The number of alkyl halides is 1. The van der Waals surface area contributed by atoms with Gasteiger partial charge in [-0.3, -0.25) is 4.79 Å². The minimum absolute atomic E-state index is 0.113. The summed E-state index contributed by atoms with van der Waals surface area (Å²) in [4.78, 5) is 14.4. The van der Waals surface area contributed by atoms with Crippen molar-refractivity contribution in [1.29, 1.82) is 0 Å². The number of nitrogens with zero attached hydrogens (tertiary/aromatic N) is 1. The van der Waals surface area contributed by atoms with Crippen LogP contribution in [-0.2, 0) is 5.33 Å². The number of benzene rings is 2. The van der Waals surface area contributed by atoms with Crippen molar-refractivity contribution in [1.82, 2.24) is 4.90 Å². The van der Waals surface area contributed by atoms with Crippen molar-refractivity contribution in [3.05, 3.63) is 47.5 Å². The normalized spacial score (nSPS) is 10.7. The van der Waals surface area contributed by atoms with Crippen LogP contribution in [-0.4, -0.2) is 23.9 Å². The lowest BCUT2D eigenvalue weighted by molar-refractivity contribution is 0.0775. The summed E-state index contributed by atoms with van der Waals surface area (Å²) in [6.45, 7) is 5.50. The molecule has 0 saturated carbocycles. The van der Waals surface area contributed by atoms with E-state index in [0.29, 0.717) is 0 Å². The molecule has 0 radical (unpaired) electrons. The fourth-order valence-corrected chi connectivity index (χ4v) is 2.83. The average Bonchev–Trinajstić information content (AvgIpc) is 2.47. The van der Waals surface area contributed by atoms with Crippen molar-refractivity contribution in [2.24, 2.45) is 0 Å². The molecule has 0 heterocycles. The van der Waals surface area contributed by atoms with E-state index in [2.05, 4.69) is 22.0 Å². The van der Waals surface area contributed by atoms with Crippen LogP contribution in [0.15, 0.2) is 36.4 Å². The van der Waals surface area contributed by atoms with Crippen molar-refractivity contribution in [3.63, 3.8) is 0 Å². The van der Waals surface area contributed by atoms with Gasteiger partial charge in [0.25, 0.3) is 5.91 Å². The van der Waals surface area contributed by atoms with E-state index in [9.17, 15) is 4.79 Å². The number of carbonyl (C=O) groups is 1. The van der Waals surface area contributed by atoms with Gasteiger partial charge in [-0.1, -0.05) is 46.3 Å². The molecule has 3 heteroatoms. The Balaban J connectivity index is 2.59. The van der Waals surface area contributed by atoms with E-state index < -0.39 is 0 Å². The van der Waals surface area contributed by atoms with Gasteiger partial charge in [-0.15, -0.1) is 0 Å². The van der Waals surface area contributed by atoms with Crippen LogP contribution in [0.3, 0.4) is 0 Å². The van der Waals surface area contributed by atoms with Crippen molar-refractivity contribution >= 4 is 32.6 Å². The van der Waals surface area contributed by atoms with E-state index in [-0.39, 0.29) is 5.91 Å². The lowest BCUT2D eigenvalue weighted by Gasteiger charge is -2.20. The van der Waals surface area contributed by atoms with Crippen LogP contribution in [0.2, 0.25) is 0 Å². The molecule has 0 spiro atoms. The molecule has 2 aromatic rings. The van der Waals surface area contributed by atoms with Crippen LogP contribution in [0.4, 0.5) is 0 Å². The second-order valence-electron chi connectivity index (χ2n) is 4.43. The number of rotatable bonds is 4. The first-order chi connectivity index (χ1) is 9.22. The second-order valence-corrected chi connectivity index (χ2v) is 4.99. The fourth-order valence-electron chi connectivity index (χ4n) is 2.35. The number of amides is 1. The summed E-state index contributed by atoms with van der Waals surface area (Å²) in [6.07, 6.45) is 0. The third kappa shape index (κ3) is 2.66. The highest BCUT2D eigenvalue weighted by molar-refractivity contribution is 9.08. The summed E-state index contributed by atoms with van der Waals surface area (Å²) in [5.41, 5.74) is 2.01. The van der Waals surface area contributed by atoms with E-state index >= 15 is 0 Å². The summed E-state index contributed by atoms with van der Waals surface area (Å²) in [5, 5.41) is 2.99. The summed E-state index contributed by atoms with van der Waals surface area (Å²) < 4.78 is 0. The monoisotopic (exact) mass is 319 g/mol. The molecule has 19 heavy (non-hydrogen) atoms. The maximum atomic E-state index is 12.5. The van der Waals surface area contributed by atoms with Crippen molar-refractivity contribution in [2.75, 3.05) is 13.1 Å². The third-order valence-electron chi connectivity index (χ3n) is 3.44. The molecule has 0 bridgehead atoms. The average molecular weight is 320 g/mol. The van der Waals surface area contributed by atoms with E-state index in [0.717, 1.165) is 34.8 Å². The Bertz CT molecular complexity index is 590. The van der Waals surface area contributed by atoms with Crippen molar-refractivity contribution in [2.45, 2.75) is 19.2 Å². The number of halogens is 1. The van der Waals surface area contributed by atoms with Gasteiger partial charge in [0.2, 0.25) is 0 Å². The molecule has 0 saturated heterocycles. The van der Waals surface area contributed by atoms with Crippen LogP contribution in [0.1, 0.15) is 29.8 Å². The third-order valence-corrected chi connectivity index (χ3v) is 4.04. The number of hydrogen-bond donors (Lipinski definition) is 0. The van der Waals surface area contributed by atoms with Crippen molar-refractivity contribution in [3.8, 4) is 0 Å². The molecule has 0 fully saturated rings. The van der Waals surface area contributed by atoms with Gasteiger partial charge in [-0.2, -0.15) is 0 Å². The zero-order valence-electron chi connectivity index (χ0n) is 11.3. The Kier molecular flexibility index (Phi) is 4.59. The van der Waals surface area contributed by atoms with E-state index in [1.165, 1.54) is 5.56 Å². The highest BCUT2D eigenvalue weighted by Gasteiger charge is 2.16. The minimum atomic E-state index is 0.113. The number of carbonyl (C=O) groups excluding carboxylic acids is 1. The van der Waals surface area contributed by atoms with Gasteiger partial charge in [-0.25, -0.2) is 0 Å². The lowest BCUT2D eigenvalue weighted by Crippen LogP contribution is -2.30. The first kappa shape index (κ1) is 14.1. The lowest BCUT2D eigenvalue weighted by atomic mass is 9.99. The van der Waals surface area contributed by atoms with Gasteiger partial charge in [0, 0.05) is 24.0 Å². The SMILES string of the molecule is CCN(CC)C(=O)c1ccc(CBr)c2ccccc12. The zero-order valence-corrected chi connectivity index (χ0v) is 12.9. The van der Waals surface area contributed by atoms with Gasteiger partial charge < -0.3 is 4.90 Å². The highest BCUT2D eigenvalue weighted by Crippen LogP contribution is 2.25. The van der Waals surface area contributed by atoms with Gasteiger partial charge in [-0.05, 0) is 36.2 Å². The molecule has 100 valence electrons.